The summed E-state index contributed by atoms with van der Waals surface area (Å²) < 4.78 is 96.7. The molecule has 10 heteroatoms. The zero-order chi connectivity index (χ0) is 30.9. The molecule has 0 bridgehead atoms. The Bertz CT molecular complexity index is 1200. The number of hydrogen-bond donors (Lipinski definition) is 0. The van der Waals surface area contributed by atoms with Gasteiger partial charge in [0.1, 0.15) is 12.5 Å². The van der Waals surface area contributed by atoms with Gasteiger partial charge < -0.3 is 14.2 Å². The first-order valence-electron chi connectivity index (χ1n) is 13.4. The number of nitrogens with zero attached hydrogens (tertiary/aromatic N) is 1. The zero-order valence-corrected chi connectivity index (χ0v) is 24.0. The maximum atomic E-state index is 13.7. The Balaban J connectivity index is 2.45. The fourth-order valence-corrected chi connectivity index (χ4v) is 4.91. The van der Waals surface area contributed by atoms with Crippen LogP contribution < -0.4 is 4.74 Å². The monoisotopic (exact) mass is 585 g/mol. The Labute approximate surface area is 237 Å². The molecule has 0 aliphatic heterocycles. The van der Waals surface area contributed by atoms with E-state index in [0.717, 1.165) is 48.5 Å². The van der Waals surface area contributed by atoms with Gasteiger partial charge >= 0.3 is 12.4 Å². The summed E-state index contributed by atoms with van der Waals surface area (Å²) in [6.45, 7) is 6.98. The molecule has 0 heterocycles. The minimum absolute atomic E-state index is 0.00330. The molecule has 0 radical (unpaired) electrons. The molecule has 226 valence electrons. The molecule has 0 aliphatic carbocycles. The number of benzene rings is 2. The second kappa shape index (κ2) is 14.2. The summed E-state index contributed by atoms with van der Waals surface area (Å²) in [5, 5.41) is 8.67. The van der Waals surface area contributed by atoms with Gasteiger partial charge in [0, 0.05) is 18.9 Å². The standard InChI is InChI=1S/C31H37F6NO3/c1-6-28(7-2,26-13-14-27(23(4)20-26)40-18-10-8-9-17-38)25-12-11-24(22(3)19-25)15-16-29(30(32,33)34,31(35,36)37)41-21-39-5/h11-16,19-20H,6-10,18,21H2,1-5H3. The molecule has 0 atom stereocenters. The highest BCUT2D eigenvalue weighted by atomic mass is 19.4. The first-order valence-corrected chi connectivity index (χ1v) is 13.4. The lowest BCUT2D eigenvalue weighted by atomic mass is 9.70. The van der Waals surface area contributed by atoms with E-state index >= 15 is 0 Å². The average molecular weight is 586 g/mol. The molecule has 0 aliphatic rings. The van der Waals surface area contributed by atoms with Crippen LogP contribution in [0.5, 0.6) is 5.75 Å². The molecule has 0 amide bonds. The Morgan fingerprint density at radius 3 is 1.93 bits per heavy atom. The van der Waals surface area contributed by atoms with Gasteiger partial charge in [-0.3, -0.25) is 0 Å². The third kappa shape index (κ3) is 7.63. The Kier molecular flexibility index (Phi) is 11.9. The van der Waals surface area contributed by atoms with Crippen LogP contribution in [-0.2, 0) is 14.9 Å². The number of halogens is 6. The van der Waals surface area contributed by atoms with Crippen molar-refractivity contribution in [2.75, 3.05) is 20.5 Å². The summed E-state index contributed by atoms with van der Waals surface area (Å²) in [6, 6.07) is 13.1. The van der Waals surface area contributed by atoms with Crippen LogP contribution >= 0.6 is 0 Å². The fraction of sp³-hybridized carbons (Fsp3) is 0.516. The van der Waals surface area contributed by atoms with E-state index in [0.29, 0.717) is 31.4 Å². The predicted octanol–water partition coefficient (Wildman–Crippen LogP) is 8.98. The molecule has 0 saturated heterocycles. The Morgan fingerprint density at radius 2 is 1.44 bits per heavy atom. The predicted molar refractivity (Wildman–Crippen MR) is 146 cm³/mol. The SMILES string of the molecule is CCC(CC)(c1ccc(C=CC(OCOC)(C(F)(F)F)C(F)(F)F)c(C)c1)c1ccc(OCCCCC#N)c(C)c1. The van der Waals surface area contributed by atoms with Crippen LogP contribution in [0.4, 0.5) is 26.3 Å². The third-order valence-electron chi connectivity index (χ3n) is 7.44. The largest absolute Gasteiger partial charge is 0.493 e. The van der Waals surface area contributed by atoms with Crippen LogP contribution in [0.3, 0.4) is 0 Å². The molecular formula is C31H37F6NO3. The van der Waals surface area contributed by atoms with Crippen LogP contribution in [0.25, 0.3) is 6.08 Å². The van der Waals surface area contributed by atoms with Crippen molar-refractivity contribution in [2.24, 2.45) is 0 Å². The lowest BCUT2D eigenvalue weighted by Crippen LogP contribution is -2.57. The number of hydrogen-bond acceptors (Lipinski definition) is 4. The number of nitriles is 1. The average Bonchev–Trinajstić information content (AvgIpc) is 2.90. The number of rotatable bonds is 14. The Morgan fingerprint density at radius 1 is 0.854 bits per heavy atom. The van der Waals surface area contributed by atoms with Gasteiger partial charge in [0.05, 0.1) is 12.7 Å². The summed E-state index contributed by atoms with van der Waals surface area (Å²) in [4.78, 5) is 0. The molecule has 41 heavy (non-hydrogen) atoms. The maximum Gasteiger partial charge on any atom is 0.430 e. The van der Waals surface area contributed by atoms with Crippen LogP contribution in [0.2, 0.25) is 0 Å². The van der Waals surface area contributed by atoms with E-state index in [1.807, 2.05) is 32.9 Å². The third-order valence-corrected chi connectivity index (χ3v) is 7.44. The number of alkyl halides is 6. The van der Waals surface area contributed by atoms with Crippen molar-refractivity contribution in [3.63, 3.8) is 0 Å². The van der Waals surface area contributed by atoms with Crippen molar-refractivity contribution >= 4 is 6.08 Å². The molecule has 0 spiro atoms. The molecule has 2 aromatic carbocycles. The summed E-state index contributed by atoms with van der Waals surface area (Å²) in [7, 11) is 0.943. The number of unbranched alkanes of at least 4 members (excludes halogenated alkanes) is 2. The van der Waals surface area contributed by atoms with E-state index < -0.39 is 30.2 Å². The van der Waals surface area contributed by atoms with Crippen molar-refractivity contribution in [1.29, 1.82) is 5.26 Å². The highest BCUT2D eigenvalue weighted by molar-refractivity contribution is 5.57. The Hall–Kier alpha value is -3.03. The molecule has 0 N–H and O–H groups in total. The molecule has 2 rings (SSSR count). The maximum absolute atomic E-state index is 13.7. The molecule has 0 aromatic heterocycles. The number of aryl methyl sites for hydroxylation is 2. The molecular weight excluding hydrogens is 548 g/mol. The smallest absolute Gasteiger partial charge is 0.430 e. The summed E-state index contributed by atoms with van der Waals surface area (Å²) in [5.41, 5.74) is -1.37. The van der Waals surface area contributed by atoms with E-state index in [1.165, 1.54) is 6.07 Å². The number of ether oxygens (including phenoxy) is 3. The second-order valence-corrected chi connectivity index (χ2v) is 9.92. The normalized spacial score (nSPS) is 13.0. The van der Waals surface area contributed by atoms with Crippen molar-refractivity contribution in [3.8, 4) is 11.8 Å². The second-order valence-electron chi connectivity index (χ2n) is 9.92. The minimum atomic E-state index is -5.77. The van der Waals surface area contributed by atoms with Crippen molar-refractivity contribution in [2.45, 2.75) is 83.2 Å². The molecule has 0 saturated carbocycles. The summed E-state index contributed by atoms with van der Waals surface area (Å²) in [5.74, 6) is 0.747. The van der Waals surface area contributed by atoms with E-state index in [9.17, 15) is 26.3 Å². The van der Waals surface area contributed by atoms with Crippen LogP contribution in [0, 0.1) is 25.2 Å². The van der Waals surface area contributed by atoms with Gasteiger partial charge in [0.15, 0.2) is 0 Å². The highest BCUT2D eigenvalue weighted by Crippen LogP contribution is 2.47. The van der Waals surface area contributed by atoms with Crippen LogP contribution in [0.1, 0.15) is 73.8 Å². The highest BCUT2D eigenvalue weighted by Gasteiger charge is 2.71. The summed E-state index contributed by atoms with van der Waals surface area (Å²) >= 11 is 0. The molecule has 2 aromatic rings. The van der Waals surface area contributed by atoms with Crippen LogP contribution in [0.15, 0.2) is 42.5 Å². The first kappa shape index (κ1) is 34.2. The lowest BCUT2D eigenvalue weighted by Gasteiger charge is -2.35. The van der Waals surface area contributed by atoms with Crippen molar-refractivity contribution < 1.29 is 40.6 Å². The van der Waals surface area contributed by atoms with Gasteiger partial charge in [-0.1, -0.05) is 50.3 Å². The van der Waals surface area contributed by atoms with Gasteiger partial charge in [-0.15, -0.1) is 0 Å². The van der Waals surface area contributed by atoms with Gasteiger partial charge in [0.2, 0.25) is 0 Å². The van der Waals surface area contributed by atoms with E-state index in [-0.39, 0.29) is 11.6 Å². The quantitative estimate of drug-likeness (QED) is 0.126. The van der Waals surface area contributed by atoms with E-state index in [2.05, 4.69) is 21.6 Å². The molecule has 0 fully saturated rings. The minimum Gasteiger partial charge on any atom is -0.493 e. The topological polar surface area (TPSA) is 51.5 Å². The van der Waals surface area contributed by atoms with Crippen molar-refractivity contribution in [3.05, 3.63) is 70.3 Å². The van der Waals surface area contributed by atoms with Gasteiger partial charge in [-0.05, 0) is 79.5 Å². The van der Waals surface area contributed by atoms with Crippen LogP contribution in [-0.4, -0.2) is 38.5 Å². The molecule has 0 unspecified atom stereocenters. The van der Waals surface area contributed by atoms with Gasteiger partial charge in [0.25, 0.3) is 5.60 Å². The number of methoxy groups -OCH3 is 1. The zero-order valence-electron chi connectivity index (χ0n) is 24.0. The first-order chi connectivity index (χ1) is 19.2. The van der Waals surface area contributed by atoms with Gasteiger partial charge in [-0.25, -0.2) is 0 Å². The lowest BCUT2D eigenvalue weighted by molar-refractivity contribution is -0.372. The van der Waals surface area contributed by atoms with Gasteiger partial charge in [-0.2, -0.15) is 31.6 Å². The van der Waals surface area contributed by atoms with E-state index in [1.54, 1.807) is 19.1 Å². The molecule has 4 nitrogen and oxygen atoms in total. The van der Waals surface area contributed by atoms with Crippen molar-refractivity contribution in [1.82, 2.24) is 0 Å². The van der Waals surface area contributed by atoms with E-state index in [4.69, 9.17) is 10.00 Å². The fourth-order valence-electron chi connectivity index (χ4n) is 4.91. The summed E-state index contributed by atoms with van der Waals surface area (Å²) in [6.07, 6.45) is -7.29.